The Morgan fingerprint density at radius 2 is 1.12 bits per heavy atom. The predicted octanol–water partition coefficient (Wildman–Crippen LogP) is 4.77. The largest absolute Gasteiger partial charge is 0.423 e. The summed E-state index contributed by atoms with van der Waals surface area (Å²) in [5, 5.41) is 0. The van der Waals surface area contributed by atoms with E-state index >= 15 is 0 Å². The Balaban J connectivity index is 1.81. The van der Waals surface area contributed by atoms with E-state index in [-0.39, 0.29) is 11.5 Å². The van der Waals surface area contributed by atoms with Crippen molar-refractivity contribution in [2.75, 3.05) is 0 Å². The standard InChI is InChI=1S/C22H16O4/c1-2-16-13-19(25-21(23)17-9-5-3-6-10-17)15-20(14-16)26-22(24)18-11-7-4-8-12-18/h2-15H,1H2. The van der Waals surface area contributed by atoms with Crippen LogP contribution in [0.5, 0.6) is 11.5 Å². The van der Waals surface area contributed by atoms with Gasteiger partial charge in [0, 0.05) is 6.07 Å². The van der Waals surface area contributed by atoms with Crippen LogP contribution < -0.4 is 9.47 Å². The third kappa shape index (κ3) is 4.24. The molecule has 128 valence electrons. The number of hydrogen-bond donors (Lipinski definition) is 0. The molecule has 0 atom stereocenters. The van der Waals surface area contributed by atoms with Gasteiger partial charge < -0.3 is 9.47 Å². The number of hydrogen-bond acceptors (Lipinski definition) is 4. The molecule has 0 N–H and O–H groups in total. The highest BCUT2D eigenvalue weighted by Gasteiger charge is 2.12. The Kier molecular flexibility index (Phi) is 5.25. The van der Waals surface area contributed by atoms with Crippen molar-refractivity contribution < 1.29 is 19.1 Å². The molecular weight excluding hydrogens is 328 g/mol. The van der Waals surface area contributed by atoms with Gasteiger partial charge in [0.05, 0.1) is 11.1 Å². The summed E-state index contributed by atoms with van der Waals surface area (Å²) in [6.07, 6.45) is 1.58. The minimum Gasteiger partial charge on any atom is -0.423 e. The highest BCUT2D eigenvalue weighted by atomic mass is 16.5. The monoisotopic (exact) mass is 344 g/mol. The Labute approximate surface area is 151 Å². The van der Waals surface area contributed by atoms with Gasteiger partial charge in [0.25, 0.3) is 0 Å². The first-order chi connectivity index (χ1) is 12.7. The van der Waals surface area contributed by atoms with Crippen LogP contribution in [0.25, 0.3) is 6.08 Å². The van der Waals surface area contributed by atoms with E-state index in [1.807, 2.05) is 12.1 Å². The Morgan fingerprint density at radius 1 is 0.692 bits per heavy atom. The lowest BCUT2D eigenvalue weighted by Gasteiger charge is -2.09. The minimum absolute atomic E-state index is 0.270. The lowest BCUT2D eigenvalue weighted by molar-refractivity contribution is 0.0733. The molecular formula is C22H16O4. The van der Waals surface area contributed by atoms with Crippen LogP contribution in [0.3, 0.4) is 0 Å². The van der Waals surface area contributed by atoms with Crippen LogP contribution in [0, 0.1) is 0 Å². The van der Waals surface area contributed by atoms with E-state index in [2.05, 4.69) is 6.58 Å². The number of esters is 2. The van der Waals surface area contributed by atoms with Crippen molar-refractivity contribution in [2.24, 2.45) is 0 Å². The number of benzene rings is 3. The fourth-order valence-electron chi connectivity index (χ4n) is 2.31. The van der Waals surface area contributed by atoms with Gasteiger partial charge in [0.1, 0.15) is 11.5 Å². The summed E-state index contributed by atoms with van der Waals surface area (Å²) in [6, 6.07) is 22.1. The van der Waals surface area contributed by atoms with Crippen molar-refractivity contribution in [2.45, 2.75) is 0 Å². The van der Waals surface area contributed by atoms with Crippen molar-refractivity contribution in [3.8, 4) is 11.5 Å². The quantitative estimate of drug-likeness (QED) is 0.494. The van der Waals surface area contributed by atoms with Crippen molar-refractivity contribution in [1.82, 2.24) is 0 Å². The van der Waals surface area contributed by atoms with E-state index < -0.39 is 11.9 Å². The molecule has 3 rings (SSSR count). The normalized spacial score (nSPS) is 10.0. The number of rotatable bonds is 5. The summed E-state index contributed by atoms with van der Waals surface area (Å²) in [7, 11) is 0. The van der Waals surface area contributed by atoms with Crippen molar-refractivity contribution in [3.63, 3.8) is 0 Å². The van der Waals surface area contributed by atoms with E-state index in [1.54, 1.807) is 66.7 Å². The van der Waals surface area contributed by atoms with Gasteiger partial charge in [-0.25, -0.2) is 9.59 Å². The molecule has 0 heterocycles. The minimum atomic E-state index is -0.493. The lowest BCUT2D eigenvalue weighted by Crippen LogP contribution is -2.10. The van der Waals surface area contributed by atoms with Crippen molar-refractivity contribution in [1.29, 1.82) is 0 Å². The Bertz CT molecular complexity index is 859. The van der Waals surface area contributed by atoms with Gasteiger partial charge in [-0.2, -0.15) is 0 Å². The van der Waals surface area contributed by atoms with Crippen LogP contribution in [-0.2, 0) is 0 Å². The van der Waals surface area contributed by atoms with E-state index in [1.165, 1.54) is 6.07 Å². The average molecular weight is 344 g/mol. The molecule has 26 heavy (non-hydrogen) atoms. The molecule has 3 aromatic rings. The SMILES string of the molecule is C=Cc1cc(OC(=O)c2ccccc2)cc(OC(=O)c2ccccc2)c1. The van der Waals surface area contributed by atoms with Gasteiger partial charge in [-0.15, -0.1) is 0 Å². The van der Waals surface area contributed by atoms with Crippen LogP contribution in [0.15, 0.2) is 85.4 Å². The zero-order chi connectivity index (χ0) is 18.4. The molecule has 0 aliphatic rings. The highest BCUT2D eigenvalue weighted by Crippen LogP contribution is 2.25. The molecule has 0 bridgehead atoms. The molecule has 0 aliphatic carbocycles. The van der Waals surface area contributed by atoms with Crippen LogP contribution in [-0.4, -0.2) is 11.9 Å². The molecule has 0 unspecified atom stereocenters. The molecule has 0 saturated carbocycles. The molecule has 0 saturated heterocycles. The summed E-state index contributed by atoms with van der Waals surface area (Å²) in [5.74, 6) is -0.446. The molecule has 0 radical (unpaired) electrons. The van der Waals surface area contributed by atoms with E-state index in [4.69, 9.17) is 9.47 Å². The molecule has 4 nitrogen and oxygen atoms in total. The number of carbonyl (C=O) groups is 2. The van der Waals surface area contributed by atoms with Crippen LogP contribution in [0.2, 0.25) is 0 Å². The zero-order valence-electron chi connectivity index (χ0n) is 13.9. The van der Waals surface area contributed by atoms with Gasteiger partial charge in [-0.1, -0.05) is 49.1 Å². The third-order valence-electron chi connectivity index (χ3n) is 3.58. The van der Waals surface area contributed by atoms with Crippen LogP contribution in [0.4, 0.5) is 0 Å². The summed E-state index contributed by atoms with van der Waals surface area (Å²) in [5.41, 5.74) is 1.53. The number of ether oxygens (including phenoxy) is 2. The molecule has 0 fully saturated rings. The van der Waals surface area contributed by atoms with E-state index in [0.717, 1.165) is 0 Å². The second kappa shape index (κ2) is 7.94. The Hall–Kier alpha value is -3.66. The summed E-state index contributed by atoms with van der Waals surface area (Å²) in [6.45, 7) is 3.71. The van der Waals surface area contributed by atoms with E-state index in [9.17, 15) is 9.59 Å². The first-order valence-electron chi connectivity index (χ1n) is 7.98. The summed E-state index contributed by atoms with van der Waals surface area (Å²) < 4.78 is 10.8. The number of carbonyl (C=O) groups excluding carboxylic acids is 2. The van der Waals surface area contributed by atoms with Crippen LogP contribution in [0.1, 0.15) is 26.3 Å². The molecule has 4 heteroatoms. The van der Waals surface area contributed by atoms with Crippen molar-refractivity contribution >= 4 is 18.0 Å². The second-order valence-electron chi connectivity index (χ2n) is 5.45. The molecule has 0 aromatic heterocycles. The first kappa shape index (κ1) is 17.2. The van der Waals surface area contributed by atoms with Gasteiger partial charge >= 0.3 is 11.9 Å². The first-order valence-corrected chi connectivity index (χ1v) is 7.98. The molecule has 0 amide bonds. The van der Waals surface area contributed by atoms with Gasteiger partial charge in [0.2, 0.25) is 0 Å². The summed E-state index contributed by atoms with van der Waals surface area (Å²) >= 11 is 0. The highest BCUT2D eigenvalue weighted by molar-refractivity contribution is 5.92. The maximum absolute atomic E-state index is 12.2. The van der Waals surface area contributed by atoms with Crippen LogP contribution >= 0.6 is 0 Å². The molecule has 3 aromatic carbocycles. The van der Waals surface area contributed by atoms with Gasteiger partial charge in [-0.3, -0.25) is 0 Å². The fraction of sp³-hybridized carbons (Fsp3) is 0. The smallest absolute Gasteiger partial charge is 0.343 e. The Morgan fingerprint density at radius 3 is 1.50 bits per heavy atom. The average Bonchev–Trinajstić information content (AvgIpc) is 2.69. The maximum atomic E-state index is 12.2. The van der Waals surface area contributed by atoms with Crippen molar-refractivity contribution in [3.05, 3.63) is 102 Å². The van der Waals surface area contributed by atoms with Gasteiger partial charge in [0.15, 0.2) is 0 Å². The topological polar surface area (TPSA) is 52.6 Å². The molecule has 0 aliphatic heterocycles. The third-order valence-corrected chi connectivity index (χ3v) is 3.58. The van der Waals surface area contributed by atoms with E-state index in [0.29, 0.717) is 16.7 Å². The second-order valence-corrected chi connectivity index (χ2v) is 5.45. The maximum Gasteiger partial charge on any atom is 0.343 e. The fourth-order valence-corrected chi connectivity index (χ4v) is 2.31. The summed E-state index contributed by atoms with van der Waals surface area (Å²) in [4.78, 5) is 24.4. The molecule has 0 spiro atoms. The zero-order valence-corrected chi connectivity index (χ0v) is 13.9. The van der Waals surface area contributed by atoms with Gasteiger partial charge in [-0.05, 0) is 42.0 Å². The lowest BCUT2D eigenvalue weighted by atomic mass is 10.2. The predicted molar refractivity (Wildman–Crippen MR) is 99.3 cm³/mol.